The molecule has 7 nitrogen and oxygen atoms in total. The number of hydrogen-bond donors (Lipinski definition) is 4. The van der Waals surface area contributed by atoms with Gasteiger partial charge in [-0.2, -0.15) is 13.2 Å². The second-order valence-corrected chi connectivity index (χ2v) is 5.59. The average Bonchev–Trinajstić information content (AvgIpc) is 2.59. The topological polar surface area (TPSA) is 122 Å². The van der Waals surface area contributed by atoms with E-state index >= 15 is 0 Å². The Bertz CT molecular complexity index is 595. The van der Waals surface area contributed by atoms with E-state index in [0.717, 1.165) is 18.4 Å². The fraction of sp³-hybridized carbons (Fsp3) is 0.471. The maximum absolute atomic E-state index is 11.8. The first-order valence-corrected chi connectivity index (χ1v) is 8.15. The summed E-state index contributed by atoms with van der Waals surface area (Å²) in [6.45, 7) is 2.62. The predicted molar refractivity (Wildman–Crippen MR) is 92.5 cm³/mol. The molecule has 0 spiro atoms. The van der Waals surface area contributed by atoms with E-state index in [9.17, 15) is 22.8 Å². The highest BCUT2D eigenvalue weighted by Crippen LogP contribution is 2.13. The van der Waals surface area contributed by atoms with Gasteiger partial charge in [0, 0.05) is 20.0 Å². The lowest BCUT2D eigenvalue weighted by molar-refractivity contribution is -0.192. The summed E-state index contributed by atoms with van der Waals surface area (Å²) in [6.07, 6.45) is -2.81. The minimum atomic E-state index is -5.08. The second-order valence-electron chi connectivity index (χ2n) is 5.59. The Hall–Kier alpha value is -2.62. The quantitative estimate of drug-likeness (QED) is 0.501. The van der Waals surface area contributed by atoms with Gasteiger partial charge in [-0.1, -0.05) is 30.3 Å². The van der Waals surface area contributed by atoms with Crippen molar-refractivity contribution in [3.05, 3.63) is 35.9 Å². The SMILES string of the molecule is CC(=O)NCCCC[C@H](N)C(=O)NCc1ccccc1.O=C(O)C(F)(F)F. The van der Waals surface area contributed by atoms with Crippen LogP contribution in [0.2, 0.25) is 0 Å². The van der Waals surface area contributed by atoms with Crippen molar-refractivity contribution < 1.29 is 32.7 Å². The molecule has 1 aromatic carbocycles. The van der Waals surface area contributed by atoms with Gasteiger partial charge in [-0.3, -0.25) is 9.59 Å². The number of rotatable bonds is 8. The maximum atomic E-state index is 11.8. The van der Waals surface area contributed by atoms with Gasteiger partial charge in [0.25, 0.3) is 0 Å². The number of carbonyl (C=O) groups excluding carboxylic acids is 2. The van der Waals surface area contributed by atoms with Crippen LogP contribution in [0.5, 0.6) is 0 Å². The Morgan fingerprint density at radius 1 is 1.11 bits per heavy atom. The van der Waals surface area contributed by atoms with Gasteiger partial charge in [0.2, 0.25) is 11.8 Å². The van der Waals surface area contributed by atoms with Gasteiger partial charge < -0.3 is 21.5 Å². The van der Waals surface area contributed by atoms with E-state index in [-0.39, 0.29) is 11.8 Å². The number of alkyl halides is 3. The molecule has 0 unspecified atom stereocenters. The van der Waals surface area contributed by atoms with E-state index in [1.165, 1.54) is 6.92 Å². The zero-order valence-corrected chi connectivity index (χ0v) is 14.9. The summed E-state index contributed by atoms with van der Waals surface area (Å²) in [5, 5.41) is 12.7. The van der Waals surface area contributed by atoms with Crippen LogP contribution in [-0.2, 0) is 20.9 Å². The third-order valence-corrected chi connectivity index (χ3v) is 3.20. The first-order valence-electron chi connectivity index (χ1n) is 8.15. The Morgan fingerprint density at radius 2 is 1.67 bits per heavy atom. The number of nitrogens with one attached hydrogen (secondary N) is 2. The first-order chi connectivity index (χ1) is 12.5. The highest BCUT2D eigenvalue weighted by molar-refractivity contribution is 5.81. The number of carboxylic acid groups (broad SMARTS) is 1. The van der Waals surface area contributed by atoms with Crippen molar-refractivity contribution in [2.45, 2.75) is 44.9 Å². The summed E-state index contributed by atoms with van der Waals surface area (Å²) in [4.78, 5) is 31.3. The second kappa shape index (κ2) is 12.7. The standard InChI is InChI=1S/C15H23N3O2.C2HF3O2/c1-12(19)17-10-6-5-9-14(16)15(20)18-11-13-7-3-2-4-8-13;3-2(4,5)1(6)7/h2-4,7-8,14H,5-6,9-11,16H2,1H3,(H,17,19)(H,18,20);(H,6,7)/t14-;/m0./s1. The predicted octanol–water partition coefficient (Wildman–Crippen LogP) is 1.57. The van der Waals surface area contributed by atoms with Gasteiger partial charge in [0.05, 0.1) is 6.04 Å². The van der Waals surface area contributed by atoms with Crippen LogP contribution in [0.4, 0.5) is 13.2 Å². The van der Waals surface area contributed by atoms with Crippen molar-refractivity contribution in [2.24, 2.45) is 5.73 Å². The van der Waals surface area contributed by atoms with Crippen LogP contribution < -0.4 is 16.4 Å². The van der Waals surface area contributed by atoms with Crippen molar-refractivity contribution >= 4 is 17.8 Å². The minimum absolute atomic E-state index is 0.0325. The van der Waals surface area contributed by atoms with Crippen molar-refractivity contribution in [2.75, 3.05) is 6.54 Å². The van der Waals surface area contributed by atoms with E-state index in [0.29, 0.717) is 19.5 Å². The molecule has 10 heteroatoms. The number of halogens is 3. The molecule has 2 amide bonds. The molecule has 1 rings (SSSR count). The van der Waals surface area contributed by atoms with Gasteiger partial charge in [0.1, 0.15) is 0 Å². The van der Waals surface area contributed by atoms with Crippen LogP contribution in [0, 0.1) is 0 Å². The van der Waals surface area contributed by atoms with Gasteiger partial charge in [0.15, 0.2) is 0 Å². The van der Waals surface area contributed by atoms with Crippen LogP contribution >= 0.6 is 0 Å². The van der Waals surface area contributed by atoms with Gasteiger partial charge in [-0.15, -0.1) is 0 Å². The maximum Gasteiger partial charge on any atom is 0.490 e. The van der Waals surface area contributed by atoms with E-state index in [1.54, 1.807) is 0 Å². The summed E-state index contributed by atoms with van der Waals surface area (Å²) in [7, 11) is 0. The number of carbonyl (C=O) groups is 3. The summed E-state index contributed by atoms with van der Waals surface area (Å²) in [6, 6.07) is 9.23. The third-order valence-electron chi connectivity index (χ3n) is 3.20. The average molecular weight is 391 g/mol. The number of benzene rings is 1. The number of aliphatic carboxylic acids is 1. The molecular formula is C17H24F3N3O4. The third kappa shape index (κ3) is 13.3. The van der Waals surface area contributed by atoms with Crippen molar-refractivity contribution in [1.29, 1.82) is 0 Å². The van der Waals surface area contributed by atoms with E-state index in [4.69, 9.17) is 15.6 Å². The Balaban J connectivity index is 0.000000821. The molecule has 1 aromatic rings. The molecule has 0 radical (unpaired) electrons. The molecule has 1 atom stereocenters. The lowest BCUT2D eigenvalue weighted by Gasteiger charge is -2.12. The van der Waals surface area contributed by atoms with Crippen LogP contribution in [0.25, 0.3) is 0 Å². The van der Waals surface area contributed by atoms with Crippen molar-refractivity contribution in [3.8, 4) is 0 Å². The van der Waals surface area contributed by atoms with E-state index in [2.05, 4.69) is 10.6 Å². The fourth-order valence-electron chi connectivity index (χ4n) is 1.80. The molecule has 0 heterocycles. The Labute approximate surface area is 155 Å². The highest BCUT2D eigenvalue weighted by Gasteiger charge is 2.38. The number of amides is 2. The summed E-state index contributed by atoms with van der Waals surface area (Å²) in [5.74, 6) is -2.92. The van der Waals surface area contributed by atoms with Crippen LogP contribution in [0.15, 0.2) is 30.3 Å². The van der Waals surface area contributed by atoms with E-state index < -0.39 is 18.2 Å². The molecule has 0 bridgehead atoms. The fourth-order valence-corrected chi connectivity index (χ4v) is 1.80. The van der Waals surface area contributed by atoms with Gasteiger partial charge in [-0.25, -0.2) is 4.79 Å². The molecule has 0 aromatic heterocycles. The first kappa shape index (κ1) is 24.4. The molecule has 0 saturated carbocycles. The number of hydrogen-bond acceptors (Lipinski definition) is 4. The molecular weight excluding hydrogens is 367 g/mol. The van der Waals surface area contributed by atoms with Crippen LogP contribution in [0.3, 0.4) is 0 Å². The molecule has 0 aliphatic rings. The van der Waals surface area contributed by atoms with Crippen LogP contribution in [0.1, 0.15) is 31.7 Å². The zero-order valence-electron chi connectivity index (χ0n) is 14.9. The normalized spacial score (nSPS) is 11.6. The monoisotopic (exact) mass is 391 g/mol. The van der Waals surface area contributed by atoms with Crippen LogP contribution in [-0.4, -0.2) is 41.7 Å². The lowest BCUT2D eigenvalue weighted by atomic mass is 10.1. The Kier molecular flexibility index (Phi) is 11.5. The number of carboxylic acids is 1. The smallest absolute Gasteiger partial charge is 0.475 e. The molecule has 152 valence electrons. The number of unbranched alkanes of at least 4 members (excludes halogenated alkanes) is 1. The van der Waals surface area contributed by atoms with Gasteiger partial charge in [-0.05, 0) is 24.8 Å². The number of nitrogens with two attached hydrogens (primary N) is 1. The summed E-state index contributed by atoms with van der Waals surface area (Å²) in [5.41, 5.74) is 6.88. The highest BCUT2D eigenvalue weighted by atomic mass is 19.4. The van der Waals surface area contributed by atoms with Crippen molar-refractivity contribution in [3.63, 3.8) is 0 Å². The molecule has 0 aliphatic heterocycles. The van der Waals surface area contributed by atoms with Gasteiger partial charge >= 0.3 is 12.1 Å². The van der Waals surface area contributed by atoms with E-state index in [1.807, 2.05) is 30.3 Å². The summed E-state index contributed by atoms with van der Waals surface area (Å²) >= 11 is 0. The molecule has 0 saturated heterocycles. The largest absolute Gasteiger partial charge is 0.490 e. The molecule has 5 N–H and O–H groups in total. The molecule has 27 heavy (non-hydrogen) atoms. The minimum Gasteiger partial charge on any atom is -0.475 e. The molecule has 0 aliphatic carbocycles. The Morgan fingerprint density at radius 3 is 2.15 bits per heavy atom. The lowest BCUT2D eigenvalue weighted by Crippen LogP contribution is -2.40. The molecule has 0 fully saturated rings. The van der Waals surface area contributed by atoms with Crippen molar-refractivity contribution in [1.82, 2.24) is 10.6 Å². The zero-order chi connectivity index (χ0) is 20.9. The summed E-state index contributed by atoms with van der Waals surface area (Å²) < 4.78 is 31.7.